The van der Waals surface area contributed by atoms with E-state index in [1.165, 1.54) is 6.08 Å². The van der Waals surface area contributed by atoms with Gasteiger partial charge in [0.1, 0.15) is 11.6 Å². The van der Waals surface area contributed by atoms with E-state index < -0.39 is 18.0 Å². The summed E-state index contributed by atoms with van der Waals surface area (Å²) in [6.07, 6.45) is -1.61. The van der Waals surface area contributed by atoms with Gasteiger partial charge in [0.15, 0.2) is 5.82 Å². The van der Waals surface area contributed by atoms with Crippen LogP contribution >= 0.6 is 0 Å². The molecule has 1 aliphatic rings. The first-order chi connectivity index (χ1) is 13.9. The third-order valence-corrected chi connectivity index (χ3v) is 5.22. The molecule has 0 bridgehead atoms. The van der Waals surface area contributed by atoms with Crippen LogP contribution in [-0.2, 0) is 5.41 Å². The molecule has 30 heavy (non-hydrogen) atoms. The first kappa shape index (κ1) is 23.4. The fraction of sp³-hybridized carbons (Fsp3) is 0.476. The summed E-state index contributed by atoms with van der Waals surface area (Å²) >= 11 is 0. The van der Waals surface area contributed by atoms with Crippen molar-refractivity contribution < 1.29 is 13.2 Å². The minimum absolute atomic E-state index is 0.172. The normalized spacial score (nSPS) is 19.6. The fourth-order valence-electron chi connectivity index (χ4n) is 3.38. The molecule has 1 atom stereocenters. The van der Waals surface area contributed by atoms with Crippen LogP contribution in [0.5, 0.6) is 0 Å². The van der Waals surface area contributed by atoms with Crippen molar-refractivity contribution in [3.63, 3.8) is 0 Å². The zero-order valence-electron chi connectivity index (χ0n) is 17.7. The van der Waals surface area contributed by atoms with E-state index in [1.807, 2.05) is 6.92 Å². The van der Waals surface area contributed by atoms with Gasteiger partial charge in [0.2, 0.25) is 0 Å². The average Bonchev–Trinajstić information content (AvgIpc) is 2.91. The maximum absolute atomic E-state index is 12.3. The molecule has 0 amide bonds. The molecule has 0 aromatic carbocycles. The van der Waals surface area contributed by atoms with Gasteiger partial charge in [-0.3, -0.25) is 4.99 Å². The summed E-state index contributed by atoms with van der Waals surface area (Å²) in [5.74, 6) is 0.934. The summed E-state index contributed by atoms with van der Waals surface area (Å²) < 4.78 is 37.0. The van der Waals surface area contributed by atoms with Crippen molar-refractivity contribution in [1.82, 2.24) is 9.97 Å². The predicted octanol–water partition coefficient (Wildman–Crippen LogP) is 4.72. The largest absolute Gasteiger partial charge is 0.396 e. The Bertz CT molecular complexity index is 901. The molecule has 0 saturated heterocycles. The number of allylic oxidation sites excluding steroid dienone is 2. The molecule has 1 unspecified atom stereocenters. The van der Waals surface area contributed by atoms with Gasteiger partial charge in [-0.15, -0.1) is 0 Å². The summed E-state index contributed by atoms with van der Waals surface area (Å²) in [7, 11) is 0. The van der Waals surface area contributed by atoms with E-state index >= 15 is 0 Å². The van der Waals surface area contributed by atoms with Crippen molar-refractivity contribution in [1.29, 1.82) is 0 Å². The molecule has 0 aliphatic carbocycles. The molecule has 1 aliphatic heterocycles. The quantitative estimate of drug-likeness (QED) is 0.416. The predicted molar refractivity (Wildman–Crippen MR) is 116 cm³/mol. The van der Waals surface area contributed by atoms with Gasteiger partial charge >= 0.3 is 6.18 Å². The highest BCUT2D eigenvalue weighted by Crippen LogP contribution is 2.49. The number of hydrogen-bond donors (Lipinski definition) is 3. The van der Waals surface area contributed by atoms with Gasteiger partial charge in [0.05, 0.1) is 23.1 Å². The highest BCUT2D eigenvalue weighted by Gasteiger charge is 2.43. The van der Waals surface area contributed by atoms with Gasteiger partial charge in [-0.05, 0) is 25.8 Å². The Hall–Kier alpha value is -2.84. The van der Waals surface area contributed by atoms with Gasteiger partial charge in [0.25, 0.3) is 0 Å². The van der Waals surface area contributed by atoms with Crippen LogP contribution in [0.2, 0.25) is 0 Å². The van der Waals surface area contributed by atoms with E-state index in [2.05, 4.69) is 40.4 Å². The zero-order valence-corrected chi connectivity index (χ0v) is 17.7. The van der Waals surface area contributed by atoms with Crippen LogP contribution in [0.15, 0.2) is 35.5 Å². The van der Waals surface area contributed by atoms with Gasteiger partial charge in [-0.25, -0.2) is 9.97 Å². The molecule has 0 spiro atoms. The summed E-state index contributed by atoms with van der Waals surface area (Å²) in [4.78, 5) is 12.8. The monoisotopic (exact) mass is 422 g/mol. The Labute approximate surface area is 175 Å². The van der Waals surface area contributed by atoms with E-state index in [0.717, 1.165) is 18.4 Å². The first-order valence-corrected chi connectivity index (χ1v) is 9.84. The zero-order chi connectivity index (χ0) is 22.7. The van der Waals surface area contributed by atoms with E-state index in [-0.39, 0.29) is 23.9 Å². The Morgan fingerprint density at radius 3 is 2.53 bits per heavy atom. The minimum atomic E-state index is -4.25. The number of aliphatic imine (C=N–C) groups is 1. The molecular weight excluding hydrogens is 393 g/mol. The molecule has 0 saturated carbocycles. The number of anilines is 2. The Morgan fingerprint density at radius 1 is 1.30 bits per heavy atom. The fourth-order valence-corrected chi connectivity index (χ4v) is 3.38. The number of nitrogens with zero attached hydrogens (tertiary/aromatic N) is 3. The summed E-state index contributed by atoms with van der Waals surface area (Å²) in [5.41, 5.74) is 14.7. The van der Waals surface area contributed by atoms with Crippen molar-refractivity contribution >= 4 is 23.0 Å². The maximum atomic E-state index is 12.3. The smallest absolute Gasteiger partial charge is 0.390 e. The van der Waals surface area contributed by atoms with E-state index in [4.69, 9.17) is 11.5 Å². The number of nitrogens with one attached hydrogen (secondary N) is 1. The second-order valence-electron chi connectivity index (χ2n) is 7.43. The highest BCUT2D eigenvalue weighted by molar-refractivity contribution is 6.00. The number of fused-ring (bicyclic) bond motifs is 1. The minimum Gasteiger partial charge on any atom is -0.396 e. The Morgan fingerprint density at radius 2 is 1.97 bits per heavy atom. The third-order valence-electron chi connectivity index (χ3n) is 5.22. The summed E-state index contributed by atoms with van der Waals surface area (Å²) in [6.45, 7) is 13.8. The van der Waals surface area contributed by atoms with Crippen molar-refractivity contribution in [2.75, 3.05) is 17.6 Å². The van der Waals surface area contributed by atoms with Crippen molar-refractivity contribution in [2.24, 2.45) is 10.7 Å². The third kappa shape index (κ3) is 4.83. The lowest BCUT2D eigenvalue weighted by Gasteiger charge is -2.28. The lowest BCUT2D eigenvalue weighted by atomic mass is 9.75. The van der Waals surface area contributed by atoms with Gasteiger partial charge < -0.3 is 16.8 Å². The standard InChI is InChI=1S/C21H29F3N6/c1-6-8-12(3)20(5)13(4)28-19-16(20)17(26)29-18(30-19)15(25)11-14(7-2)27-10-9-21(22,23)24/h11H,3-4,6-10,25H2,1-2,5H3,(H3,26,28,29,30). The van der Waals surface area contributed by atoms with Crippen LogP contribution in [0.4, 0.5) is 24.8 Å². The number of nitrogen functional groups attached to an aromatic ring is 1. The average molecular weight is 422 g/mol. The van der Waals surface area contributed by atoms with Crippen LogP contribution < -0.4 is 16.8 Å². The molecule has 2 rings (SSSR count). The van der Waals surface area contributed by atoms with Crippen LogP contribution in [0, 0.1) is 0 Å². The number of hydrogen-bond acceptors (Lipinski definition) is 6. The Balaban J connectivity index is 2.37. The molecule has 2 heterocycles. The molecule has 6 nitrogen and oxygen atoms in total. The number of alkyl halides is 3. The van der Waals surface area contributed by atoms with Crippen LogP contribution in [-0.4, -0.2) is 28.4 Å². The van der Waals surface area contributed by atoms with E-state index in [0.29, 0.717) is 29.2 Å². The topological polar surface area (TPSA) is 102 Å². The number of nitrogens with two attached hydrogens (primary N) is 2. The highest BCUT2D eigenvalue weighted by atomic mass is 19.4. The Kier molecular flexibility index (Phi) is 6.95. The lowest BCUT2D eigenvalue weighted by molar-refractivity contribution is -0.132. The maximum Gasteiger partial charge on any atom is 0.390 e. The molecule has 0 radical (unpaired) electrons. The van der Waals surface area contributed by atoms with Crippen molar-refractivity contribution in [3.05, 3.63) is 41.9 Å². The molecule has 5 N–H and O–H groups in total. The SMILES string of the molecule is C=C(CCC)C1(C)C(=C)Nc2nc(C(N)=CC(CC)=NCCC(F)(F)F)nc(N)c21. The number of aromatic nitrogens is 2. The molecule has 9 heteroatoms. The lowest BCUT2D eigenvalue weighted by Crippen LogP contribution is -2.25. The van der Waals surface area contributed by atoms with Crippen LogP contribution in [0.3, 0.4) is 0 Å². The molecule has 1 aromatic heterocycles. The molecule has 164 valence electrons. The number of halogens is 3. The van der Waals surface area contributed by atoms with E-state index in [1.54, 1.807) is 6.92 Å². The first-order valence-electron chi connectivity index (χ1n) is 9.84. The van der Waals surface area contributed by atoms with Crippen LogP contribution in [0.25, 0.3) is 5.70 Å². The van der Waals surface area contributed by atoms with Gasteiger partial charge in [-0.1, -0.05) is 39.0 Å². The molecule has 0 fully saturated rings. The molecular formula is C21H29F3N6. The molecule has 1 aromatic rings. The second kappa shape index (κ2) is 8.89. The summed E-state index contributed by atoms with van der Waals surface area (Å²) in [5, 5.41) is 3.16. The van der Waals surface area contributed by atoms with Crippen molar-refractivity contribution in [3.8, 4) is 0 Å². The summed E-state index contributed by atoms with van der Waals surface area (Å²) in [6, 6.07) is 0. The van der Waals surface area contributed by atoms with E-state index in [9.17, 15) is 13.2 Å². The van der Waals surface area contributed by atoms with Gasteiger partial charge in [-0.2, -0.15) is 13.2 Å². The second-order valence-corrected chi connectivity index (χ2v) is 7.43. The van der Waals surface area contributed by atoms with Crippen LogP contribution in [0.1, 0.15) is 57.8 Å². The van der Waals surface area contributed by atoms with Gasteiger partial charge in [0, 0.05) is 18.0 Å². The van der Waals surface area contributed by atoms with Crippen molar-refractivity contribution in [2.45, 2.75) is 58.0 Å². The number of rotatable bonds is 8.